The number of rotatable bonds is 7. The Hall–Kier alpha value is -3.34. The predicted octanol–water partition coefficient (Wildman–Crippen LogP) is 4.53. The van der Waals surface area contributed by atoms with Crippen LogP contribution < -0.4 is 5.32 Å². The quantitative estimate of drug-likeness (QED) is 0.580. The highest BCUT2D eigenvalue weighted by Crippen LogP contribution is 2.25. The molecule has 1 atom stereocenters. The van der Waals surface area contributed by atoms with E-state index in [1.165, 1.54) is 13.2 Å². The Kier molecular flexibility index (Phi) is 6.50. The second kappa shape index (κ2) is 9.24. The van der Waals surface area contributed by atoms with Gasteiger partial charge in [-0.15, -0.1) is 0 Å². The van der Waals surface area contributed by atoms with Gasteiger partial charge in [0.25, 0.3) is 5.91 Å². The van der Waals surface area contributed by atoms with Gasteiger partial charge in [-0.05, 0) is 53.8 Å². The maximum atomic E-state index is 13.0. The van der Waals surface area contributed by atoms with Gasteiger partial charge >= 0.3 is 5.97 Å². The third kappa shape index (κ3) is 4.93. The van der Waals surface area contributed by atoms with Crippen molar-refractivity contribution in [1.29, 1.82) is 0 Å². The van der Waals surface area contributed by atoms with Crippen molar-refractivity contribution in [2.45, 2.75) is 32.2 Å². The number of benzene rings is 3. The molecule has 0 fully saturated rings. The smallest absolute Gasteiger partial charge is 0.305 e. The predicted molar refractivity (Wildman–Crippen MR) is 113 cm³/mol. The Morgan fingerprint density at radius 2 is 1.83 bits per heavy atom. The van der Waals surface area contributed by atoms with E-state index in [-0.39, 0.29) is 30.1 Å². The van der Waals surface area contributed by atoms with Crippen LogP contribution in [-0.4, -0.2) is 24.1 Å². The second-order valence-electron chi connectivity index (χ2n) is 7.03. The van der Waals surface area contributed by atoms with E-state index in [4.69, 9.17) is 0 Å². The van der Waals surface area contributed by atoms with Crippen LogP contribution in [0.2, 0.25) is 0 Å². The largest absolute Gasteiger partial charge is 0.508 e. The molecule has 3 rings (SSSR count). The second-order valence-corrected chi connectivity index (χ2v) is 7.03. The minimum absolute atomic E-state index is 0.0321. The SMILES string of the molecule is COC(=O)CCCc1ccc(O)cc1C(=O)N[C@H](C)c1cccc2ccccc12. The summed E-state index contributed by atoms with van der Waals surface area (Å²) in [5.74, 6) is -0.501. The lowest BCUT2D eigenvalue weighted by Crippen LogP contribution is -2.27. The number of hydrogen-bond donors (Lipinski definition) is 2. The molecular formula is C24H25NO4. The van der Waals surface area contributed by atoms with Gasteiger partial charge in [-0.3, -0.25) is 9.59 Å². The van der Waals surface area contributed by atoms with Crippen molar-refractivity contribution in [2.24, 2.45) is 0 Å². The molecule has 150 valence electrons. The summed E-state index contributed by atoms with van der Waals surface area (Å²) in [6.07, 6.45) is 1.39. The number of esters is 1. The summed E-state index contributed by atoms with van der Waals surface area (Å²) >= 11 is 0. The standard InChI is InChI=1S/C24H25NO4/c1-16(20-11-5-8-17-7-3-4-10-21(17)20)25-24(28)22-15-19(26)14-13-18(22)9-6-12-23(27)29-2/h3-5,7-8,10-11,13-16,26H,6,9,12H2,1-2H3,(H,25,28)/t16-/m1/s1. The number of carbonyl (C=O) groups is 2. The molecule has 0 radical (unpaired) electrons. The fourth-order valence-corrected chi connectivity index (χ4v) is 3.50. The summed E-state index contributed by atoms with van der Waals surface area (Å²) in [4.78, 5) is 24.3. The minimum atomic E-state index is -0.278. The van der Waals surface area contributed by atoms with Crippen molar-refractivity contribution < 1.29 is 19.4 Å². The van der Waals surface area contributed by atoms with E-state index in [1.54, 1.807) is 12.1 Å². The lowest BCUT2D eigenvalue weighted by molar-refractivity contribution is -0.140. The number of methoxy groups -OCH3 is 1. The topological polar surface area (TPSA) is 75.6 Å². The van der Waals surface area contributed by atoms with Gasteiger partial charge in [-0.25, -0.2) is 0 Å². The molecule has 0 aliphatic rings. The van der Waals surface area contributed by atoms with Crippen molar-refractivity contribution in [2.75, 3.05) is 7.11 Å². The highest BCUT2D eigenvalue weighted by atomic mass is 16.5. The molecule has 0 aromatic heterocycles. The van der Waals surface area contributed by atoms with E-state index in [0.29, 0.717) is 18.4 Å². The van der Waals surface area contributed by atoms with Crippen LogP contribution in [0.3, 0.4) is 0 Å². The summed E-state index contributed by atoms with van der Waals surface area (Å²) < 4.78 is 4.66. The van der Waals surface area contributed by atoms with E-state index < -0.39 is 0 Å². The summed E-state index contributed by atoms with van der Waals surface area (Å²) in [7, 11) is 1.36. The van der Waals surface area contributed by atoms with Crippen molar-refractivity contribution in [3.63, 3.8) is 0 Å². The minimum Gasteiger partial charge on any atom is -0.508 e. The van der Waals surface area contributed by atoms with E-state index in [2.05, 4.69) is 10.1 Å². The molecule has 0 saturated heterocycles. The highest BCUT2D eigenvalue weighted by Gasteiger charge is 2.17. The van der Waals surface area contributed by atoms with Crippen molar-refractivity contribution in [3.05, 3.63) is 77.4 Å². The Balaban J connectivity index is 1.79. The number of phenols is 1. The number of carbonyl (C=O) groups excluding carboxylic acids is 2. The van der Waals surface area contributed by atoms with E-state index in [9.17, 15) is 14.7 Å². The third-order valence-corrected chi connectivity index (χ3v) is 5.03. The molecule has 29 heavy (non-hydrogen) atoms. The van der Waals surface area contributed by atoms with E-state index in [0.717, 1.165) is 21.9 Å². The van der Waals surface area contributed by atoms with Crippen LogP contribution in [0.25, 0.3) is 10.8 Å². The van der Waals surface area contributed by atoms with Gasteiger partial charge in [0, 0.05) is 12.0 Å². The van der Waals surface area contributed by atoms with Crippen LogP contribution in [0, 0.1) is 0 Å². The van der Waals surface area contributed by atoms with Crippen molar-refractivity contribution >= 4 is 22.6 Å². The highest BCUT2D eigenvalue weighted by molar-refractivity contribution is 5.97. The first-order valence-corrected chi connectivity index (χ1v) is 9.67. The van der Waals surface area contributed by atoms with Gasteiger partial charge in [0.1, 0.15) is 5.75 Å². The van der Waals surface area contributed by atoms with Gasteiger partial charge in [0.05, 0.1) is 13.2 Å². The molecule has 2 N–H and O–H groups in total. The van der Waals surface area contributed by atoms with Crippen molar-refractivity contribution in [3.8, 4) is 5.75 Å². The fourth-order valence-electron chi connectivity index (χ4n) is 3.50. The average Bonchev–Trinajstić information content (AvgIpc) is 2.74. The molecule has 1 amide bonds. The lowest BCUT2D eigenvalue weighted by Gasteiger charge is -2.18. The van der Waals surface area contributed by atoms with E-state index in [1.807, 2.05) is 49.4 Å². The van der Waals surface area contributed by atoms with Crippen LogP contribution in [0.4, 0.5) is 0 Å². The van der Waals surface area contributed by atoms with Crippen LogP contribution in [0.1, 0.15) is 47.3 Å². The fraction of sp³-hybridized carbons (Fsp3) is 0.250. The Labute approximate surface area is 170 Å². The van der Waals surface area contributed by atoms with Gasteiger partial charge < -0.3 is 15.2 Å². The molecular weight excluding hydrogens is 366 g/mol. The number of aromatic hydroxyl groups is 1. The Morgan fingerprint density at radius 1 is 1.07 bits per heavy atom. The summed E-state index contributed by atoms with van der Waals surface area (Å²) in [6.45, 7) is 1.94. The Bertz CT molecular complexity index is 1020. The number of amides is 1. The van der Waals surface area contributed by atoms with Gasteiger partial charge in [0.2, 0.25) is 0 Å². The van der Waals surface area contributed by atoms with Gasteiger partial charge in [-0.1, -0.05) is 48.5 Å². The Morgan fingerprint density at radius 3 is 2.62 bits per heavy atom. The summed E-state index contributed by atoms with van der Waals surface area (Å²) in [5.41, 5.74) is 2.24. The van der Waals surface area contributed by atoms with Crippen LogP contribution in [0.15, 0.2) is 60.7 Å². The molecule has 5 heteroatoms. The number of fused-ring (bicyclic) bond motifs is 1. The maximum absolute atomic E-state index is 13.0. The first-order valence-electron chi connectivity index (χ1n) is 9.67. The monoisotopic (exact) mass is 391 g/mol. The van der Waals surface area contributed by atoms with Crippen LogP contribution in [0.5, 0.6) is 5.75 Å². The zero-order valence-corrected chi connectivity index (χ0v) is 16.6. The molecule has 5 nitrogen and oxygen atoms in total. The van der Waals surface area contributed by atoms with Crippen LogP contribution >= 0.6 is 0 Å². The maximum Gasteiger partial charge on any atom is 0.305 e. The molecule has 0 saturated carbocycles. The molecule has 0 unspecified atom stereocenters. The van der Waals surface area contributed by atoms with Crippen LogP contribution in [-0.2, 0) is 16.0 Å². The third-order valence-electron chi connectivity index (χ3n) is 5.03. The molecule has 3 aromatic rings. The normalized spacial score (nSPS) is 11.8. The number of ether oxygens (including phenoxy) is 1. The zero-order valence-electron chi connectivity index (χ0n) is 16.6. The molecule has 0 aliphatic heterocycles. The average molecular weight is 391 g/mol. The molecule has 0 aliphatic carbocycles. The molecule has 0 heterocycles. The molecule has 3 aromatic carbocycles. The van der Waals surface area contributed by atoms with Gasteiger partial charge in [-0.2, -0.15) is 0 Å². The number of aryl methyl sites for hydroxylation is 1. The first kappa shape index (κ1) is 20.4. The zero-order chi connectivity index (χ0) is 20.8. The summed E-state index contributed by atoms with van der Waals surface area (Å²) in [5, 5.41) is 15.1. The van der Waals surface area contributed by atoms with Gasteiger partial charge in [0.15, 0.2) is 0 Å². The molecule has 0 bridgehead atoms. The van der Waals surface area contributed by atoms with Crippen molar-refractivity contribution in [1.82, 2.24) is 5.32 Å². The number of hydrogen-bond acceptors (Lipinski definition) is 4. The lowest BCUT2D eigenvalue weighted by atomic mass is 9.98. The number of phenolic OH excluding ortho intramolecular Hbond substituents is 1. The summed E-state index contributed by atoms with van der Waals surface area (Å²) in [6, 6.07) is 18.6. The van der Waals surface area contributed by atoms with E-state index >= 15 is 0 Å². The molecule has 0 spiro atoms. The number of nitrogens with one attached hydrogen (secondary N) is 1. The first-order chi connectivity index (χ1) is 14.0.